The third-order valence-corrected chi connectivity index (χ3v) is 3.49. The molecule has 0 radical (unpaired) electrons. The fourth-order valence-corrected chi connectivity index (χ4v) is 2.45. The van der Waals surface area contributed by atoms with Crippen LogP contribution in [0, 0.1) is 0 Å². The standard InChI is InChI=1S/C12H14FN/c13-11-5-6-12(11)14-7-9-3-1-2-4-10(9)8-14/h1-4,11-12H,5-8H2. The Morgan fingerprint density at radius 2 is 1.71 bits per heavy atom. The van der Waals surface area contributed by atoms with Crippen molar-refractivity contribution in [3.8, 4) is 0 Å². The van der Waals surface area contributed by atoms with Crippen LogP contribution in [0.25, 0.3) is 0 Å². The van der Waals surface area contributed by atoms with Gasteiger partial charge in [-0.1, -0.05) is 24.3 Å². The second-order valence-corrected chi connectivity index (χ2v) is 4.33. The van der Waals surface area contributed by atoms with Crippen LogP contribution in [0.15, 0.2) is 24.3 Å². The fraction of sp³-hybridized carbons (Fsp3) is 0.500. The van der Waals surface area contributed by atoms with E-state index in [2.05, 4.69) is 29.2 Å². The Balaban J connectivity index is 1.78. The first-order valence-electron chi connectivity index (χ1n) is 5.29. The third-order valence-electron chi connectivity index (χ3n) is 3.49. The van der Waals surface area contributed by atoms with E-state index < -0.39 is 6.17 Å². The van der Waals surface area contributed by atoms with Crippen molar-refractivity contribution in [2.45, 2.75) is 38.1 Å². The van der Waals surface area contributed by atoms with Gasteiger partial charge in [0.25, 0.3) is 0 Å². The van der Waals surface area contributed by atoms with Crippen LogP contribution in [0.4, 0.5) is 4.39 Å². The molecule has 1 aromatic carbocycles. The van der Waals surface area contributed by atoms with Gasteiger partial charge in [-0.2, -0.15) is 0 Å². The normalized spacial score (nSPS) is 31.2. The lowest BCUT2D eigenvalue weighted by Gasteiger charge is -2.37. The van der Waals surface area contributed by atoms with Crippen LogP contribution in [-0.2, 0) is 13.1 Å². The minimum Gasteiger partial charge on any atom is -0.289 e. The monoisotopic (exact) mass is 191 g/mol. The molecule has 1 aliphatic heterocycles. The zero-order valence-corrected chi connectivity index (χ0v) is 8.12. The van der Waals surface area contributed by atoms with Crippen molar-refractivity contribution in [3.63, 3.8) is 0 Å². The number of benzene rings is 1. The van der Waals surface area contributed by atoms with Crippen LogP contribution in [0.1, 0.15) is 24.0 Å². The predicted octanol–water partition coefficient (Wildman–Crippen LogP) is 2.50. The smallest absolute Gasteiger partial charge is 0.116 e. The van der Waals surface area contributed by atoms with E-state index in [0.717, 1.165) is 25.9 Å². The first-order chi connectivity index (χ1) is 6.84. The predicted molar refractivity (Wildman–Crippen MR) is 53.6 cm³/mol. The summed E-state index contributed by atoms with van der Waals surface area (Å²) < 4.78 is 13.2. The molecule has 3 rings (SSSR count). The van der Waals surface area contributed by atoms with Gasteiger partial charge in [-0.05, 0) is 24.0 Å². The van der Waals surface area contributed by atoms with E-state index in [9.17, 15) is 4.39 Å². The van der Waals surface area contributed by atoms with E-state index in [-0.39, 0.29) is 6.04 Å². The molecule has 0 saturated heterocycles. The first kappa shape index (κ1) is 8.42. The number of rotatable bonds is 1. The van der Waals surface area contributed by atoms with Crippen LogP contribution in [0.3, 0.4) is 0 Å². The summed E-state index contributed by atoms with van der Waals surface area (Å²) >= 11 is 0. The van der Waals surface area contributed by atoms with Crippen molar-refractivity contribution in [1.82, 2.24) is 4.90 Å². The number of nitrogens with zero attached hydrogens (tertiary/aromatic N) is 1. The molecule has 2 unspecified atom stereocenters. The van der Waals surface area contributed by atoms with E-state index >= 15 is 0 Å². The van der Waals surface area contributed by atoms with Crippen molar-refractivity contribution in [2.75, 3.05) is 0 Å². The number of halogens is 1. The minimum atomic E-state index is -0.579. The second kappa shape index (κ2) is 3.06. The zero-order chi connectivity index (χ0) is 9.54. The maximum absolute atomic E-state index is 13.2. The Hall–Kier alpha value is -0.890. The van der Waals surface area contributed by atoms with Gasteiger partial charge in [0.05, 0.1) is 0 Å². The average molecular weight is 191 g/mol. The van der Waals surface area contributed by atoms with Gasteiger partial charge in [0.15, 0.2) is 0 Å². The zero-order valence-electron chi connectivity index (χ0n) is 8.12. The van der Waals surface area contributed by atoms with E-state index in [1.807, 2.05) is 0 Å². The van der Waals surface area contributed by atoms with Crippen molar-refractivity contribution in [2.24, 2.45) is 0 Å². The van der Waals surface area contributed by atoms with Gasteiger partial charge in [0, 0.05) is 19.1 Å². The van der Waals surface area contributed by atoms with E-state index in [4.69, 9.17) is 0 Å². The summed E-state index contributed by atoms with van der Waals surface area (Å²) in [6, 6.07) is 8.64. The van der Waals surface area contributed by atoms with Gasteiger partial charge >= 0.3 is 0 Å². The topological polar surface area (TPSA) is 3.24 Å². The van der Waals surface area contributed by atoms with Crippen molar-refractivity contribution < 1.29 is 4.39 Å². The first-order valence-corrected chi connectivity index (χ1v) is 5.29. The fourth-order valence-electron chi connectivity index (χ4n) is 2.45. The van der Waals surface area contributed by atoms with E-state index in [1.54, 1.807) is 0 Å². The molecule has 1 heterocycles. The van der Waals surface area contributed by atoms with Crippen LogP contribution in [0.5, 0.6) is 0 Å². The molecule has 1 aliphatic carbocycles. The van der Waals surface area contributed by atoms with Gasteiger partial charge in [-0.15, -0.1) is 0 Å². The largest absolute Gasteiger partial charge is 0.289 e. The van der Waals surface area contributed by atoms with Crippen LogP contribution in [-0.4, -0.2) is 17.1 Å². The number of fused-ring (bicyclic) bond motifs is 1. The van der Waals surface area contributed by atoms with Gasteiger partial charge < -0.3 is 0 Å². The van der Waals surface area contributed by atoms with Gasteiger partial charge in [-0.3, -0.25) is 4.90 Å². The van der Waals surface area contributed by atoms with Gasteiger partial charge in [0.1, 0.15) is 6.17 Å². The Kier molecular flexibility index (Phi) is 1.84. The molecule has 14 heavy (non-hydrogen) atoms. The van der Waals surface area contributed by atoms with Crippen LogP contribution in [0.2, 0.25) is 0 Å². The molecular formula is C12H14FN. The summed E-state index contributed by atoms with van der Waals surface area (Å²) in [6.45, 7) is 1.89. The summed E-state index contributed by atoms with van der Waals surface area (Å²) in [4.78, 5) is 2.28. The lowest BCUT2D eigenvalue weighted by Crippen LogP contribution is -2.45. The molecule has 2 aliphatic rings. The minimum absolute atomic E-state index is 0.197. The number of alkyl halides is 1. The molecule has 1 fully saturated rings. The highest BCUT2D eigenvalue weighted by atomic mass is 19.1. The maximum Gasteiger partial charge on any atom is 0.116 e. The van der Waals surface area contributed by atoms with Crippen LogP contribution < -0.4 is 0 Å². The summed E-state index contributed by atoms with van der Waals surface area (Å²) in [5, 5.41) is 0. The van der Waals surface area contributed by atoms with Gasteiger partial charge in [-0.25, -0.2) is 4.39 Å². The summed E-state index contributed by atoms with van der Waals surface area (Å²) in [6.07, 6.45) is 1.22. The Bertz CT molecular complexity index is 325. The summed E-state index contributed by atoms with van der Waals surface area (Å²) in [7, 11) is 0. The number of hydrogen-bond acceptors (Lipinski definition) is 1. The SMILES string of the molecule is FC1CCC1N1Cc2ccccc2C1. The highest BCUT2D eigenvalue weighted by Gasteiger charge is 2.37. The molecule has 1 nitrogen and oxygen atoms in total. The number of hydrogen-bond donors (Lipinski definition) is 0. The Labute approximate surface area is 83.5 Å². The lowest BCUT2D eigenvalue weighted by atomic mass is 9.89. The molecule has 2 heteroatoms. The third kappa shape index (κ3) is 1.17. The van der Waals surface area contributed by atoms with Gasteiger partial charge in [0.2, 0.25) is 0 Å². The average Bonchev–Trinajstić information content (AvgIpc) is 2.58. The van der Waals surface area contributed by atoms with Crippen molar-refractivity contribution in [3.05, 3.63) is 35.4 Å². The summed E-state index contributed by atoms with van der Waals surface area (Å²) in [5.41, 5.74) is 2.76. The van der Waals surface area contributed by atoms with Crippen LogP contribution >= 0.6 is 0 Å². The summed E-state index contributed by atoms with van der Waals surface area (Å²) in [5.74, 6) is 0. The highest BCUT2D eigenvalue weighted by molar-refractivity contribution is 5.30. The lowest BCUT2D eigenvalue weighted by molar-refractivity contribution is 0.0322. The molecule has 0 spiro atoms. The Morgan fingerprint density at radius 3 is 2.14 bits per heavy atom. The molecule has 2 atom stereocenters. The molecular weight excluding hydrogens is 177 g/mol. The van der Waals surface area contributed by atoms with E-state index in [1.165, 1.54) is 11.1 Å². The quantitative estimate of drug-likeness (QED) is 0.659. The second-order valence-electron chi connectivity index (χ2n) is 4.33. The maximum atomic E-state index is 13.2. The van der Waals surface area contributed by atoms with Crippen molar-refractivity contribution >= 4 is 0 Å². The molecule has 1 saturated carbocycles. The molecule has 0 aromatic heterocycles. The Morgan fingerprint density at radius 1 is 1.07 bits per heavy atom. The van der Waals surface area contributed by atoms with Crippen molar-refractivity contribution in [1.29, 1.82) is 0 Å². The molecule has 0 amide bonds. The molecule has 1 aromatic rings. The molecule has 0 N–H and O–H groups in total. The van der Waals surface area contributed by atoms with E-state index in [0.29, 0.717) is 0 Å². The molecule has 0 bridgehead atoms. The highest BCUT2D eigenvalue weighted by Crippen LogP contribution is 2.34. The molecule has 74 valence electrons.